The number of nitro benzene ring substituents is 1. The number of rotatable bonds is 5. The molecule has 0 bridgehead atoms. The molecule has 1 amide bonds. The smallest absolute Gasteiger partial charge is 0.293 e. The number of carbonyl (C=O) groups excluding carboxylic acids is 1. The molecule has 3 N–H and O–H groups in total. The van der Waals surface area contributed by atoms with Gasteiger partial charge in [0.1, 0.15) is 5.69 Å². The Morgan fingerprint density at radius 3 is 2.68 bits per heavy atom. The van der Waals surface area contributed by atoms with Crippen molar-refractivity contribution in [1.29, 1.82) is 0 Å². The second kappa shape index (κ2) is 6.05. The van der Waals surface area contributed by atoms with E-state index in [4.69, 9.17) is 5.84 Å². The number of nitro groups is 1. The number of hydrogen-bond donors (Lipinski definition) is 2. The maximum atomic E-state index is 12.2. The second-order valence-corrected chi connectivity index (χ2v) is 3.71. The molecule has 1 aromatic rings. The van der Waals surface area contributed by atoms with E-state index in [1.807, 2.05) is 0 Å². The molecule has 9 heteroatoms. The highest BCUT2D eigenvalue weighted by Crippen LogP contribution is 2.25. The molecule has 0 spiro atoms. The Kier molecular flexibility index (Phi) is 4.70. The van der Waals surface area contributed by atoms with Gasteiger partial charge in [-0.2, -0.15) is 0 Å². The molecule has 0 saturated heterocycles. The van der Waals surface area contributed by atoms with Crippen molar-refractivity contribution >= 4 is 17.3 Å². The lowest BCUT2D eigenvalue weighted by atomic mass is 10.1. The number of anilines is 1. The Balaban J connectivity index is 3.02. The summed E-state index contributed by atoms with van der Waals surface area (Å²) in [5, 5.41) is 10.7. The summed E-state index contributed by atoms with van der Waals surface area (Å²) >= 11 is 0. The second-order valence-electron chi connectivity index (χ2n) is 3.71. The van der Waals surface area contributed by atoms with E-state index in [0.29, 0.717) is 0 Å². The fraction of sp³-hybridized carbons (Fsp3) is 0.300. The molecule has 1 rings (SSSR count). The first kappa shape index (κ1) is 14.8. The van der Waals surface area contributed by atoms with Crippen LogP contribution >= 0.6 is 0 Å². The topological polar surface area (TPSA) is 102 Å². The van der Waals surface area contributed by atoms with Crippen molar-refractivity contribution in [3.05, 3.63) is 33.9 Å². The molecular formula is C10H12F2N4O3. The van der Waals surface area contributed by atoms with Crippen LogP contribution in [0.5, 0.6) is 0 Å². The van der Waals surface area contributed by atoms with Crippen molar-refractivity contribution in [3.63, 3.8) is 0 Å². The zero-order chi connectivity index (χ0) is 14.6. The van der Waals surface area contributed by atoms with Crippen molar-refractivity contribution < 1.29 is 18.5 Å². The first-order valence-corrected chi connectivity index (χ1v) is 5.15. The minimum absolute atomic E-state index is 0.0294. The lowest BCUT2D eigenvalue weighted by Gasteiger charge is -2.16. The van der Waals surface area contributed by atoms with Gasteiger partial charge in [0.05, 0.1) is 11.5 Å². The van der Waals surface area contributed by atoms with E-state index in [0.717, 1.165) is 17.0 Å². The third kappa shape index (κ3) is 3.58. The van der Waals surface area contributed by atoms with E-state index in [-0.39, 0.29) is 16.9 Å². The Morgan fingerprint density at radius 1 is 1.58 bits per heavy atom. The number of nitrogens with one attached hydrogen (secondary N) is 1. The number of halogens is 2. The summed E-state index contributed by atoms with van der Waals surface area (Å²) in [6, 6.07) is 3.41. The highest BCUT2D eigenvalue weighted by atomic mass is 19.3. The molecule has 0 radical (unpaired) electrons. The van der Waals surface area contributed by atoms with Crippen LogP contribution in [0.2, 0.25) is 0 Å². The van der Waals surface area contributed by atoms with E-state index < -0.39 is 23.8 Å². The van der Waals surface area contributed by atoms with Gasteiger partial charge in [-0.1, -0.05) is 0 Å². The Hall–Kier alpha value is -2.29. The summed E-state index contributed by atoms with van der Waals surface area (Å²) < 4.78 is 24.3. The van der Waals surface area contributed by atoms with Crippen LogP contribution in [0.4, 0.5) is 20.2 Å². The number of alkyl halides is 2. The Labute approximate surface area is 107 Å². The van der Waals surface area contributed by atoms with Crippen LogP contribution in [0.1, 0.15) is 10.4 Å². The van der Waals surface area contributed by atoms with Crippen molar-refractivity contribution in [2.45, 2.75) is 6.43 Å². The fourth-order valence-corrected chi connectivity index (χ4v) is 1.45. The monoisotopic (exact) mass is 274 g/mol. The molecule has 0 aliphatic rings. The summed E-state index contributed by atoms with van der Waals surface area (Å²) in [5.41, 5.74) is 1.74. The molecule has 19 heavy (non-hydrogen) atoms. The molecule has 0 aliphatic heterocycles. The summed E-state index contributed by atoms with van der Waals surface area (Å²) in [6.45, 7) is -0.721. The van der Waals surface area contributed by atoms with Crippen LogP contribution in [0.15, 0.2) is 18.2 Å². The summed E-state index contributed by atoms with van der Waals surface area (Å²) in [6.07, 6.45) is -2.65. The first-order valence-electron chi connectivity index (χ1n) is 5.15. The van der Waals surface area contributed by atoms with Gasteiger partial charge in [-0.25, -0.2) is 8.78 Å². The van der Waals surface area contributed by atoms with Crippen LogP contribution in [-0.4, -0.2) is 35.7 Å². The van der Waals surface area contributed by atoms with Crippen molar-refractivity contribution in [2.24, 2.45) is 5.84 Å². The lowest BCUT2D eigenvalue weighted by Crippen LogP contribution is -2.31. The van der Waals surface area contributed by atoms with Crippen molar-refractivity contribution in [1.82, 2.24) is 4.90 Å². The normalized spacial score (nSPS) is 10.4. The van der Waals surface area contributed by atoms with Crippen LogP contribution in [0, 0.1) is 10.1 Å². The average molecular weight is 274 g/mol. The van der Waals surface area contributed by atoms with Gasteiger partial charge in [-0.15, -0.1) is 0 Å². The molecular weight excluding hydrogens is 262 g/mol. The fourth-order valence-electron chi connectivity index (χ4n) is 1.45. The molecule has 0 atom stereocenters. The van der Waals surface area contributed by atoms with Gasteiger partial charge in [0.25, 0.3) is 18.0 Å². The largest absolute Gasteiger partial charge is 0.336 e. The summed E-state index contributed by atoms with van der Waals surface area (Å²) in [4.78, 5) is 22.6. The number of nitrogens with two attached hydrogens (primary N) is 1. The van der Waals surface area contributed by atoms with Crippen LogP contribution < -0.4 is 11.3 Å². The van der Waals surface area contributed by atoms with Gasteiger partial charge >= 0.3 is 0 Å². The minimum atomic E-state index is -2.65. The Bertz CT molecular complexity index is 496. The quantitative estimate of drug-likeness (QED) is 0.477. The number of amides is 1. The van der Waals surface area contributed by atoms with Gasteiger partial charge in [-0.3, -0.25) is 20.8 Å². The van der Waals surface area contributed by atoms with Gasteiger partial charge in [-0.05, 0) is 12.1 Å². The maximum Gasteiger partial charge on any atom is 0.293 e. The van der Waals surface area contributed by atoms with Crippen molar-refractivity contribution in [3.8, 4) is 0 Å². The number of carbonyl (C=O) groups is 1. The van der Waals surface area contributed by atoms with Crippen LogP contribution in [0.25, 0.3) is 0 Å². The van der Waals surface area contributed by atoms with E-state index >= 15 is 0 Å². The molecule has 0 unspecified atom stereocenters. The van der Waals surface area contributed by atoms with Gasteiger partial charge < -0.3 is 10.3 Å². The number of hydrazine groups is 1. The van der Waals surface area contributed by atoms with Gasteiger partial charge in [0.15, 0.2) is 0 Å². The average Bonchev–Trinajstić information content (AvgIpc) is 2.36. The van der Waals surface area contributed by atoms with Crippen molar-refractivity contribution in [2.75, 3.05) is 19.0 Å². The highest BCUT2D eigenvalue weighted by molar-refractivity contribution is 5.95. The van der Waals surface area contributed by atoms with Crippen LogP contribution in [-0.2, 0) is 0 Å². The number of nitrogen functional groups attached to an aromatic ring is 1. The third-order valence-electron chi connectivity index (χ3n) is 2.35. The van der Waals surface area contributed by atoms with E-state index in [9.17, 15) is 23.7 Å². The number of nitrogens with zero attached hydrogens (tertiary/aromatic N) is 2. The molecule has 0 aromatic heterocycles. The predicted octanol–water partition coefficient (Wildman–Crippen LogP) is 1.22. The summed E-state index contributed by atoms with van der Waals surface area (Å²) in [5.74, 6) is 4.44. The van der Waals surface area contributed by atoms with E-state index in [1.165, 1.54) is 13.1 Å². The lowest BCUT2D eigenvalue weighted by molar-refractivity contribution is -0.384. The first-order chi connectivity index (χ1) is 8.86. The summed E-state index contributed by atoms with van der Waals surface area (Å²) in [7, 11) is 1.21. The number of benzene rings is 1. The number of hydrogen-bond acceptors (Lipinski definition) is 5. The zero-order valence-corrected chi connectivity index (χ0v) is 9.97. The zero-order valence-electron chi connectivity index (χ0n) is 9.97. The molecule has 104 valence electrons. The minimum Gasteiger partial charge on any atom is -0.336 e. The van der Waals surface area contributed by atoms with Crippen LogP contribution in [0.3, 0.4) is 0 Å². The van der Waals surface area contributed by atoms with Gasteiger partial charge in [0.2, 0.25) is 0 Å². The van der Waals surface area contributed by atoms with E-state index in [2.05, 4.69) is 5.43 Å². The molecule has 0 aliphatic carbocycles. The molecule has 7 nitrogen and oxygen atoms in total. The molecule has 0 heterocycles. The van der Waals surface area contributed by atoms with Gasteiger partial charge in [0, 0.05) is 18.7 Å². The third-order valence-corrected chi connectivity index (χ3v) is 2.35. The van der Waals surface area contributed by atoms with E-state index in [1.54, 1.807) is 0 Å². The molecule has 1 aromatic carbocycles. The Morgan fingerprint density at radius 2 is 2.21 bits per heavy atom. The predicted molar refractivity (Wildman–Crippen MR) is 63.9 cm³/mol. The molecule has 0 fully saturated rings. The maximum absolute atomic E-state index is 12.2. The SMILES string of the molecule is CN(CC(F)F)C(=O)c1ccc([N+](=O)[O-])c(NN)c1. The highest BCUT2D eigenvalue weighted by Gasteiger charge is 2.19. The molecule has 0 saturated carbocycles. The standard InChI is InChI=1S/C10H12F2N4O3/c1-15(5-9(11)12)10(17)6-2-3-8(16(18)19)7(4-6)14-13/h2-4,9,14H,5,13H2,1H3.